The Hall–Kier alpha value is -3.54. The third-order valence-corrected chi connectivity index (χ3v) is 6.93. The molecule has 0 amide bonds. The van der Waals surface area contributed by atoms with Crippen molar-refractivity contribution in [3.05, 3.63) is 58.7 Å². The second kappa shape index (κ2) is 10.3. The van der Waals surface area contributed by atoms with Crippen molar-refractivity contribution >= 4 is 34.4 Å². The predicted octanol–water partition coefficient (Wildman–Crippen LogP) is 5.79. The Kier molecular flexibility index (Phi) is 7.46. The highest BCUT2D eigenvalue weighted by atomic mass is 35.5. The second-order valence-electron chi connectivity index (χ2n) is 10.6. The number of nitrogens with two attached hydrogens (primary N) is 1. The first-order valence-electron chi connectivity index (χ1n) is 12.4. The minimum absolute atomic E-state index is 0.0494. The molecule has 3 aromatic rings. The third kappa shape index (κ3) is 5.50. The molecule has 2 aromatic heterocycles. The average molecular weight is 537 g/mol. The highest BCUT2D eigenvalue weighted by Crippen LogP contribution is 2.41. The number of nitrogens with zero attached hydrogens (tertiary/aromatic N) is 3. The number of hydrogen-bond acceptors (Lipinski definition) is 7. The largest absolute Gasteiger partial charge is 0.462 e. The van der Waals surface area contributed by atoms with E-state index in [1.807, 2.05) is 44.5 Å². The minimum Gasteiger partial charge on any atom is -0.462 e. The van der Waals surface area contributed by atoms with E-state index in [2.05, 4.69) is 28.5 Å². The summed E-state index contributed by atoms with van der Waals surface area (Å²) in [4.78, 5) is 21.4. The molecule has 38 heavy (non-hydrogen) atoms. The van der Waals surface area contributed by atoms with Gasteiger partial charge in [-0.15, -0.1) is 6.42 Å². The Morgan fingerprint density at radius 2 is 2.13 bits per heavy atom. The van der Waals surface area contributed by atoms with Crippen molar-refractivity contribution in [2.45, 2.75) is 71.1 Å². The number of rotatable bonds is 8. The maximum absolute atomic E-state index is 13.1. The fourth-order valence-corrected chi connectivity index (χ4v) is 5.38. The van der Waals surface area contributed by atoms with E-state index < -0.39 is 17.2 Å². The van der Waals surface area contributed by atoms with Gasteiger partial charge in [-0.1, -0.05) is 32.4 Å². The van der Waals surface area contributed by atoms with E-state index in [4.69, 9.17) is 38.0 Å². The summed E-state index contributed by atoms with van der Waals surface area (Å²) >= 11 is 6.02. The number of carbonyl (C=O) groups is 1. The van der Waals surface area contributed by atoms with Crippen LogP contribution in [0.25, 0.3) is 11.0 Å². The summed E-state index contributed by atoms with van der Waals surface area (Å²) in [5, 5.41) is 0.722. The SMILES string of the molecule is C#CC1(COC(=O)CC(C)(C)c2c(C)cc(C)cc2OC(=C)C)CC[C@H](n2ccc3c(N)nc(Cl)nc32)O1. The van der Waals surface area contributed by atoms with E-state index in [1.54, 1.807) is 13.0 Å². The Balaban J connectivity index is 1.47. The predicted molar refractivity (Wildman–Crippen MR) is 148 cm³/mol. The van der Waals surface area contributed by atoms with Crippen molar-refractivity contribution in [3.8, 4) is 18.1 Å². The van der Waals surface area contributed by atoms with Gasteiger partial charge in [-0.3, -0.25) is 4.79 Å². The monoisotopic (exact) mass is 536 g/mol. The zero-order chi connectivity index (χ0) is 27.8. The topological polar surface area (TPSA) is 101 Å². The summed E-state index contributed by atoms with van der Waals surface area (Å²) in [5.41, 5.74) is 7.95. The Morgan fingerprint density at radius 3 is 2.82 bits per heavy atom. The van der Waals surface area contributed by atoms with Crippen LogP contribution in [-0.4, -0.2) is 32.7 Å². The molecule has 0 saturated carbocycles. The number of terminal acetylenes is 1. The van der Waals surface area contributed by atoms with Crippen molar-refractivity contribution in [3.63, 3.8) is 0 Å². The van der Waals surface area contributed by atoms with Gasteiger partial charge < -0.3 is 24.5 Å². The van der Waals surface area contributed by atoms with E-state index in [-0.39, 0.29) is 30.1 Å². The lowest BCUT2D eigenvalue weighted by Gasteiger charge is -2.30. The molecular formula is C29H33ClN4O4. The molecule has 4 rings (SSSR count). The number of benzene rings is 1. The molecule has 3 heterocycles. The lowest BCUT2D eigenvalue weighted by atomic mass is 9.78. The summed E-state index contributed by atoms with van der Waals surface area (Å²) in [6.45, 7) is 13.6. The molecule has 200 valence electrons. The molecule has 1 aliphatic heterocycles. The summed E-state index contributed by atoms with van der Waals surface area (Å²) in [5.74, 6) is 3.89. The van der Waals surface area contributed by atoms with Crippen LogP contribution in [0.3, 0.4) is 0 Å². The highest BCUT2D eigenvalue weighted by molar-refractivity contribution is 6.28. The van der Waals surface area contributed by atoms with Crippen LogP contribution in [0.5, 0.6) is 5.75 Å². The highest BCUT2D eigenvalue weighted by Gasteiger charge is 2.42. The number of fused-ring (bicyclic) bond motifs is 1. The number of carbonyl (C=O) groups excluding carboxylic acids is 1. The molecule has 1 aromatic carbocycles. The average Bonchev–Trinajstić information content (AvgIpc) is 3.41. The summed E-state index contributed by atoms with van der Waals surface area (Å²) < 4.78 is 19.7. The number of aryl methyl sites for hydroxylation is 2. The van der Waals surface area contributed by atoms with Gasteiger partial charge in [0.25, 0.3) is 0 Å². The Labute approximate surface area is 228 Å². The molecule has 8 nitrogen and oxygen atoms in total. The number of anilines is 1. The van der Waals surface area contributed by atoms with Gasteiger partial charge in [-0.2, -0.15) is 4.98 Å². The van der Waals surface area contributed by atoms with Crippen LogP contribution in [-0.2, 0) is 19.7 Å². The first kappa shape index (κ1) is 27.5. The van der Waals surface area contributed by atoms with E-state index >= 15 is 0 Å². The molecule has 0 spiro atoms. The molecular weight excluding hydrogens is 504 g/mol. The molecule has 9 heteroatoms. The van der Waals surface area contributed by atoms with E-state index in [0.717, 1.165) is 16.7 Å². The Morgan fingerprint density at radius 1 is 1.39 bits per heavy atom. The lowest BCUT2D eigenvalue weighted by molar-refractivity contribution is -0.153. The van der Waals surface area contributed by atoms with Gasteiger partial charge in [0.2, 0.25) is 5.28 Å². The molecule has 1 aliphatic rings. The van der Waals surface area contributed by atoms with Gasteiger partial charge >= 0.3 is 5.97 Å². The van der Waals surface area contributed by atoms with Crippen LogP contribution in [0.15, 0.2) is 36.7 Å². The number of esters is 1. The summed E-state index contributed by atoms with van der Waals surface area (Å²) in [6, 6.07) is 5.84. The van der Waals surface area contributed by atoms with E-state index in [0.29, 0.717) is 35.4 Å². The number of halogens is 1. The van der Waals surface area contributed by atoms with Crippen LogP contribution in [0.2, 0.25) is 5.28 Å². The molecule has 2 atom stereocenters. The molecule has 0 bridgehead atoms. The Bertz CT molecular complexity index is 1460. The zero-order valence-electron chi connectivity index (χ0n) is 22.4. The smallest absolute Gasteiger partial charge is 0.306 e. The van der Waals surface area contributed by atoms with Gasteiger partial charge in [0, 0.05) is 17.2 Å². The second-order valence-corrected chi connectivity index (χ2v) is 10.9. The molecule has 2 N–H and O–H groups in total. The van der Waals surface area contributed by atoms with Gasteiger partial charge in [0.05, 0.1) is 17.6 Å². The normalized spacial score (nSPS) is 19.3. The molecule has 1 saturated heterocycles. The maximum atomic E-state index is 13.1. The lowest BCUT2D eigenvalue weighted by Crippen LogP contribution is -2.35. The van der Waals surface area contributed by atoms with Crippen LogP contribution in [0.4, 0.5) is 5.82 Å². The van der Waals surface area contributed by atoms with Crippen molar-refractivity contribution in [2.75, 3.05) is 12.3 Å². The first-order valence-corrected chi connectivity index (χ1v) is 12.8. The molecule has 0 aliphatic carbocycles. The van der Waals surface area contributed by atoms with Gasteiger partial charge in [-0.25, -0.2) is 4.98 Å². The van der Waals surface area contributed by atoms with Gasteiger partial charge in [-0.05, 0) is 68.5 Å². The zero-order valence-corrected chi connectivity index (χ0v) is 23.2. The van der Waals surface area contributed by atoms with Crippen molar-refractivity contribution in [1.29, 1.82) is 0 Å². The van der Waals surface area contributed by atoms with Crippen LogP contribution < -0.4 is 10.5 Å². The standard InChI is InChI=1S/C29H33ClN4O4/c1-8-29(11-9-22(38-29)34-12-10-20-25(31)32-27(30)33-26(20)34)16-36-23(35)15-28(6,7)24-19(5)13-18(4)14-21(24)37-17(2)3/h1,10,12-14,22H,2,9,11,15-16H2,3-7H3,(H2,31,32,33)/t22-,29?/m1/s1. The van der Waals surface area contributed by atoms with Gasteiger partial charge in [0.15, 0.2) is 5.60 Å². The minimum atomic E-state index is -1.06. The summed E-state index contributed by atoms with van der Waals surface area (Å²) in [7, 11) is 0. The molecule has 1 fully saturated rings. The van der Waals surface area contributed by atoms with Crippen LogP contribution in [0.1, 0.15) is 63.0 Å². The number of aromatic nitrogens is 3. The van der Waals surface area contributed by atoms with Crippen molar-refractivity contribution < 1.29 is 19.0 Å². The van der Waals surface area contributed by atoms with E-state index in [1.165, 1.54) is 0 Å². The molecule has 0 radical (unpaired) electrons. The van der Waals surface area contributed by atoms with Crippen molar-refractivity contribution in [1.82, 2.24) is 14.5 Å². The molecule has 1 unspecified atom stereocenters. The number of nitrogen functional groups attached to an aromatic ring is 1. The number of allylic oxidation sites excluding steroid dienone is 1. The first-order chi connectivity index (χ1) is 17.8. The van der Waals surface area contributed by atoms with Crippen LogP contribution in [0, 0.1) is 26.2 Å². The number of hydrogen-bond donors (Lipinski definition) is 1. The maximum Gasteiger partial charge on any atom is 0.306 e. The quantitative estimate of drug-likeness (QED) is 0.168. The van der Waals surface area contributed by atoms with Crippen LogP contribution >= 0.6 is 11.6 Å². The third-order valence-electron chi connectivity index (χ3n) is 6.76. The number of ether oxygens (including phenoxy) is 3. The fraction of sp³-hybridized carbons (Fsp3) is 0.414. The fourth-order valence-electron chi connectivity index (χ4n) is 5.21. The van der Waals surface area contributed by atoms with E-state index in [9.17, 15) is 4.79 Å². The van der Waals surface area contributed by atoms with Gasteiger partial charge in [0.1, 0.15) is 30.0 Å². The summed E-state index contributed by atoms with van der Waals surface area (Å²) in [6.07, 6.45) is 8.51. The van der Waals surface area contributed by atoms with Crippen molar-refractivity contribution in [2.24, 2.45) is 0 Å².